The lowest BCUT2D eigenvalue weighted by atomic mass is 10.1. The van der Waals surface area contributed by atoms with E-state index in [-0.39, 0.29) is 28.4 Å². The second kappa shape index (κ2) is 7.19. The van der Waals surface area contributed by atoms with Crippen molar-refractivity contribution in [1.29, 1.82) is 0 Å². The maximum absolute atomic E-state index is 12.5. The van der Waals surface area contributed by atoms with E-state index in [0.29, 0.717) is 12.1 Å². The maximum atomic E-state index is 12.5. The van der Waals surface area contributed by atoms with Crippen LogP contribution in [0.1, 0.15) is 29.0 Å². The number of rotatable bonds is 5. The third-order valence-corrected chi connectivity index (χ3v) is 5.71. The van der Waals surface area contributed by atoms with E-state index in [4.69, 9.17) is 4.42 Å². The van der Waals surface area contributed by atoms with Gasteiger partial charge in [-0.1, -0.05) is 18.2 Å². The molecule has 1 aromatic carbocycles. The Morgan fingerprint density at radius 2 is 2.04 bits per heavy atom. The van der Waals surface area contributed by atoms with Crippen molar-refractivity contribution < 1.29 is 17.6 Å². The summed E-state index contributed by atoms with van der Waals surface area (Å²) in [5.41, 5.74) is 0.375. The number of piperidine rings is 1. The van der Waals surface area contributed by atoms with Crippen LogP contribution in [-0.4, -0.2) is 33.5 Å². The van der Waals surface area contributed by atoms with E-state index >= 15 is 0 Å². The molecule has 2 aromatic rings. The molecule has 1 amide bonds. The molecule has 7 heteroatoms. The molecule has 1 aliphatic heterocycles. The molecule has 128 valence electrons. The molecule has 0 radical (unpaired) electrons. The largest absolute Gasteiger partial charge is 0.459 e. The van der Waals surface area contributed by atoms with Crippen LogP contribution in [0.5, 0.6) is 0 Å². The molecule has 0 spiro atoms. The van der Waals surface area contributed by atoms with Crippen molar-refractivity contribution in [2.75, 3.05) is 13.1 Å². The van der Waals surface area contributed by atoms with Crippen molar-refractivity contribution >= 4 is 15.7 Å². The number of hydrogen-bond donors (Lipinski definition) is 2. The molecule has 0 bridgehead atoms. The van der Waals surface area contributed by atoms with Crippen LogP contribution in [0.3, 0.4) is 0 Å². The standard InChI is InChI=1S/C17H20N2O4S/c20-17(19-14-5-4-9-18-11-14)16-13(8-10-23-16)12-24(21,22)15-6-2-1-3-7-15/h1-3,6-8,10,14,18H,4-5,9,11-12H2,(H,19,20). The average Bonchev–Trinajstić information content (AvgIpc) is 3.04. The van der Waals surface area contributed by atoms with Gasteiger partial charge >= 0.3 is 0 Å². The topological polar surface area (TPSA) is 88.4 Å². The van der Waals surface area contributed by atoms with Gasteiger partial charge in [-0.2, -0.15) is 0 Å². The fourth-order valence-electron chi connectivity index (χ4n) is 2.79. The normalized spacial score (nSPS) is 18.2. The van der Waals surface area contributed by atoms with E-state index in [1.807, 2.05) is 0 Å². The lowest BCUT2D eigenvalue weighted by Crippen LogP contribution is -2.45. The van der Waals surface area contributed by atoms with E-state index in [9.17, 15) is 13.2 Å². The number of sulfone groups is 1. The zero-order valence-electron chi connectivity index (χ0n) is 13.2. The second-order valence-electron chi connectivity index (χ2n) is 5.86. The Bertz CT molecular complexity index is 793. The molecule has 1 saturated heterocycles. The summed E-state index contributed by atoms with van der Waals surface area (Å²) >= 11 is 0. The van der Waals surface area contributed by atoms with Crippen molar-refractivity contribution in [3.8, 4) is 0 Å². The number of carbonyl (C=O) groups excluding carboxylic acids is 1. The van der Waals surface area contributed by atoms with Gasteiger partial charge in [-0.15, -0.1) is 0 Å². The first-order chi connectivity index (χ1) is 11.6. The van der Waals surface area contributed by atoms with Gasteiger partial charge in [0.2, 0.25) is 0 Å². The third kappa shape index (κ3) is 3.85. The van der Waals surface area contributed by atoms with Crippen molar-refractivity contribution in [3.05, 3.63) is 54.0 Å². The predicted octanol–water partition coefficient (Wildman–Crippen LogP) is 1.74. The molecule has 0 aliphatic carbocycles. The van der Waals surface area contributed by atoms with Crippen LogP contribution in [-0.2, 0) is 15.6 Å². The summed E-state index contributed by atoms with van der Waals surface area (Å²) < 4.78 is 30.2. The fourth-order valence-corrected chi connectivity index (χ4v) is 4.17. The van der Waals surface area contributed by atoms with E-state index in [0.717, 1.165) is 19.4 Å². The number of furan rings is 1. The Hall–Kier alpha value is -2.12. The Morgan fingerprint density at radius 1 is 1.25 bits per heavy atom. The minimum atomic E-state index is -3.52. The van der Waals surface area contributed by atoms with Gasteiger partial charge in [0, 0.05) is 18.2 Å². The third-order valence-electron chi connectivity index (χ3n) is 4.03. The number of hydrogen-bond acceptors (Lipinski definition) is 5. The molecule has 2 N–H and O–H groups in total. The zero-order chi connectivity index (χ0) is 17.0. The minimum Gasteiger partial charge on any atom is -0.459 e. The summed E-state index contributed by atoms with van der Waals surface area (Å²) in [5.74, 6) is -0.564. The summed E-state index contributed by atoms with van der Waals surface area (Å²) in [6.45, 7) is 1.66. The molecule has 24 heavy (non-hydrogen) atoms. The van der Waals surface area contributed by atoms with Crippen molar-refractivity contribution in [2.24, 2.45) is 0 Å². The van der Waals surface area contributed by atoms with Gasteiger partial charge in [-0.3, -0.25) is 4.79 Å². The molecule has 3 rings (SSSR count). The van der Waals surface area contributed by atoms with Crippen LogP contribution in [0.15, 0.2) is 52.0 Å². The molecule has 1 unspecified atom stereocenters. The highest BCUT2D eigenvalue weighted by Crippen LogP contribution is 2.20. The molecule has 1 atom stereocenters. The molecular weight excluding hydrogens is 328 g/mol. The van der Waals surface area contributed by atoms with Crippen LogP contribution in [0.2, 0.25) is 0 Å². The lowest BCUT2D eigenvalue weighted by molar-refractivity contribution is 0.0901. The Kier molecular flexibility index (Phi) is 5.01. The van der Waals surface area contributed by atoms with Crippen LogP contribution in [0, 0.1) is 0 Å². The monoisotopic (exact) mass is 348 g/mol. The second-order valence-corrected chi connectivity index (χ2v) is 7.85. The first-order valence-corrected chi connectivity index (χ1v) is 9.57. The Morgan fingerprint density at radius 3 is 2.75 bits per heavy atom. The van der Waals surface area contributed by atoms with Crippen molar-refractivity contribution in [2.45, 2.75) is 29.5 Å². The van der Waals surface area contributed by atoms with Gasteiger partial charge in [0.15, 0.2) is 15.6 Å². The van der Waals surface area contributed by atoms with E-state index < -0.39 is 9.84 Å². The SMILES string of the molecule is O=C(NC1CCCNC1)c1occc1CS(=O)(=O)c1ccccc1. The molecule has 1 fully saturated rings. The highest BCUT2D eigenvalue weighted by Gasteiger charge is 2.24. The first-order valence-electron chi connectivity index (χ1n) is 7.92. The van der Waals surface area contributed by atoms with Gasteiger partial charge in [0.05, 0.1) is 16.9 Å². The van der Waals surface area contributed by atoms with Crippen molar-refractivity contribution in [3.63, 3.8) is 0 Å². The van der Waals surface area contributed by atoms with Crippen molar-refractivity contribution in [1.82, 2.24) is 10.6 Å². The molecular formula is C17H20N2O4S. The van der Waals surface area contributed by atoms with E-state index in [2.05, 4.69) is 10.6 Å². The number of benzene rings is 1. The highest BCUT2D eigenvalue weighted by molar-refractivity contribution is 7.90. The van der Waals surface area contributed by atoms with Gasteiger partial charge in [0.25, 0.3) is 5.91 Å². The summed E-state index contributed by atoms with van der Waals surface area (Å²) in [7, 11) is -3.52. The van der Waals surface area contributed by atoms with Crippen LogP contribution in [0.25, 0.3) is 0 Å². The summed E-state index contributed by atoms with van der Waals surface area (Å²) in [6, 6.07) is 9.77. The van der Waals surface area contributed by atoms with E-state index in [1.54, 1.807) is 30.3 Å². The Labute approximate surface area is 141 Å². The number of amides is 1. The minimum absolute atomic E-state index is 0.0370. The maximum Gasteiger partial charge on any atom is 0.287 e. The summed E-state index contributed by atoms with van der Waals surface area (Å²) in [6.07, 6.45) is 3.25. The fraction of sp³-hybridized carbons (Fsp3) is 0.353. The molecule has 1 aliphatic rings. The number of carbonyl (C=O) groups is 1. The zero-order valence-corrected chi connectivity index (χ0v) is 14.0. The Balaban J connectivity index is 1.74. The summed E-state index contributed by atoms with van der Waals surface area (Å²) in [4.78, 5) is 12.6. The van der Waals surface area contributed by atoms with Crippen LogP contribution in [0.4, 0.5) is 0 Å². The predicted molar refractivity (Wildman–Crippen MR) is 89.4 cm³/mol. The quantitative estimate of drug-likeness (QED) is 0.859. The van der Waals surface area contributed by atoms with Gasteiger partial charge < -0.3 is 15.1 Å². The van der Waals surface area contributed by atoms with Gasteiger partial charge in [0.1, 0.15) is 0 Å². The van der Waals surface area contributed by atoms with Gasteiger partial charge in [-0.05, 0) is 37.6 Å². The smallest absolute Gasteiger partial charge is 0.287 e. The van der Waals surface area contributed by atoms with Gasteiger partial charge in [-0.25, -0.2) is 8.42 Å². The van der Waals surface area contributed by atoms with Crippen LogP contribution >= 0.6 is 0 Å². The average molecular weight is 348 g/mol. The first kappa shape index (κ1) is 16.7. The molecule has 1 aromatic heterocycles. The van der Waals surface area contributed by atoms with Crippen LogP contribution < -0.4 is 10.6 Å². The number of nitrogens with one attached hydrogen (secondary N) is 2. The lowest BCUT2D eigenvalue weighted by Gasteiger charge is -2.23. The van der Waals surface area contributed by atoms with E-state index in [1.165, 1.54) is 12.3 Å². The molecule has 2 heterocycles. The molecule has 6 nitrogen and oxygen atoms in total. The molecule has 0 saturated carbocycles. The summed E-state index contributed by atoms with van der Waals surface area (Å²) in [5, 5.41) is 6.12. The highest BCUT2D eigenvalue weighted by atomic mass is 32.2.